The molecular weight excluding hydrogens is 330 g/mol. The zero-order valence-electron chi connectivity index (χ0n) is 13.8. The fraction of sp³-hybridized carbons (Fsp3) is 1.00. The minimum atomic E-state index is 0. The summed E-state index contributed by atoms with van der Waals surface area (Å²) in [6.45, 7) is 6.79. The molecule has 0 amide bonds. The maximum absolute atomic E-state index is 8.49. The van der Waals surface area contributed by atoms with Crippen molar-refractivity contribution in [2.24, 2.45) is 5.73 Å². The van der Waals surface area contributed by atoms with Gasteiger partial charge in [0.05, 0.1) is 85.9 Å². The maximum Gasteiger partial charge on any atom is 0.0701 e. The summed E-state index contributed by atoms with van der Waals surface area (Å²) in [6.07, 6.45) is 0. The number of rotatable bonds is 19. The second-order valence-corrected chi connectivity index (χ2v) is 4.19. The third kappa shape index (κ3) is 24.3. The summed E-state index contributed by atoms with van der Waals surface area (Å²) in [5.74, 6) is 0. The van der Waals surface area contributed by atoms with Gasteiger partial charge in [0.15, 0.2) is 0 Å². The summed E-state index contributed by atoms with van der Waals surface area (Å²) in [7, 11) is 0. The van der Waals surface area contributed by atoms with Crippen molar-refractivity contribution in [2.75, 3.05) is 92.4 Å². The lowest BCUT2D eigenvalue weighted by Gasteiger charge is -2.08. The molecule has 0 saturated carbocycles. The summed E-state index contributed by atoms with van der Waals surface area (Å²) in [4.78, 5) is 0. The number of hydrogen-bond acceptors (Lipinski definition) is 8. The van der Waals surface area contributed by atoms with Crippen LogP contribution in [0.3, 0.4) is 0 Å². The molecule has 23 heavy (non-hydrogen) atoms. The summed E-state index contributed by atoms with van der Waals surface area (Å²) in [5.41, 5.74) is 5.28. The van der Waals surface area contributed by atoms with Gasteiger partial charge in [0, 0.05) is 6.54 Å². The van der Waals surface area contributed by atoms with Crippen molar-refractivity contribution in [3.05, 3.63) is 0 Å². The Hall–Kier alpha value is -0.0300. The first-order chi connectivity index (χ1) is 10.9. The Morgan fingerprint density at radius 3 is 1.00 bits per heavy atom. The third-order valence-electron chi connectivity index (χ3n) is 2.36. The van der Waals surface area contributed by atoms with E-state index >= 15 is 0 Å². The van der Waals surface area contributed by atoms with Crippen LogP contribution < -0.4 is 5.73 Å². The molecule has 0 fully saturated rings. The molecule has 0 rings (SSSR count). The van der Waals surface area contributed by atoms with Crippen LogP contribution in [0.15, 0.2) is 0 Å². The third-order valence-corrected chi connectivity index (χ3v) is 2.36. The van der Waals surface area contributed by atoms with E-state index in [0.717, 1.165) is 0 Å². The fourth-order valence-electron chi connectivity index (χ4n) is 1.35. The lowest BCUT2D eigenvalue weighted by Crippen LogP contribution is -2.15. The maximum atomic E-state index is 8.49. The van der Waals surface area contributed by atoms with E-state index in [1.165, 1.54) is 0 Å². The summed E-state index contributed by atoms with van der Waals surface area (Å²) < 4.78 is 31.4. The van der Waals surface area contributed by atoms with Crippen molar-refractivity contribution in [2.45, 2.75) is 0 Å². The molecule has 0 saturated heterocycles. The normalized spacial score (nSPS) is 10.7. The van der Waals surface area contributed by atoms with Crippen LogP contribution in [0.25, 0.3) is 0 Å². The van der Waals surface area contributed by atoms with E-state index in [2.05, 4.69) is 0 Å². The molecule has 0 aromatic heterocycles. The Balaban J connectivity index is 0. The molecule has 3 N–H and O–H groups in total. The Morgan fingerprint density at radius 1 is 0.478 bits per heavy atom. The van der Waals surface area contributed by atoms with Gasteiger partial charge in [-0.25, -0.2) is 0 Å². The van der Waals surface area contributed by atoms with E-state index < -0.39 is 0 Å². The summed E-state index contributed by atoms with van der Waals surface area (Å²) in [5, 5.41) is 8.49. The summed E-state index contributed by atoms with van der Waals surface area (Å²) >= 11 is 0. The van der Waals surface area contributed by atoms with Gasteiger partial charge >= 0.3 is 0 Å². The van der Waals surface area contributed by atoms with Crippen molar-refractivity contribution < 1.29 is 33.5 Å². The largest absolute Gasteiger partial charge is 0.394 e. The first kappa shape index (κ1) is 25.2. The Labute approximate surface area is 144 Å². The molecule has 0 spiro atoms. The number of nitrogens with two attached hydrogens (primary N) is 1. The Bertz CT molecular complexity index is 184. The van der Waals surface area contributed by atoms with Crippen LogP contribution in [0.5, 0.6) is 0 Å². The lowest BCUT2D eigenvalue weighted by atomic mass is 10.6. The second-order valence-electron chi connectivity index (χ2n) is 4.19. The fourth-order valence-corrected chi connectivity index (χ4v) is 1.35. The first-order valence-corrected chi connectivity index (χ1v) is 7.69. The molecule has 0 aliphatic heterocycles. The highest BCUT2D eigenvalue weighted by Crippen LogP contribution is 1.84. The number of halogens is 1. The molecule has 0 aliphatic rings. The SMILES string of the molecule is Cl.NCCOCCOCCOCCOCCOCCOCCO. The van der Waals surface area contributed by atoms with Gasteiger partial charge in [-0.15, -0.1) is 12.4 Å². The van der Waals surface area contributed by atoms with Crippen LogP contribution in [0, 0.1) is 0 Å². The van der Waals surface area contributed by atoms with Gasteiger partial charge in [0.25, 0.3) is 0 Å². The minimum absolute atomic E-state index is 0. The Kier molecular flexibility index (Phi) is 26.6. The number of hydrogen-bond donors (Lipinski definition) is 2. The van der Waals surface area contributed by atoms with Crippen LogP contribution >= 0.6 is 12.4 Å². The minimum Gasteiger partial charge on any atom is -0.394 e. The van der Waals surface area contributed by atoms with Gasteiger partial charge in [0.1, 0.15) is 0 Å². The second kappa shape index (κ2) is 24.2. The van der Waals surface area contributed by atoms with E-state index in [4.69, 9.17) is 39.3 Å². The van der Waals surface area contributed by atoms with E-state index in [9.17, 15) is 0 Å². The van der Waals surface area contributed by atoms with Crippen LogP contribution in [0.1, 0.15) is 0 Å². The van der Waals surface area contributed by atoms with Crippen molar-refractivity contribution in [3.8, 4) is 0 Å². The predicted molar refractivity (Wildman–Crippen MR) is 88.3 cm³/mol. The summed E-state index contributed by atoms with van der Waals surface area (Å²) in [6, 6.07) is 0. The number of aliphatic hydroxyl groups is 1. The van der Waals surface area contributed by atoms with Crippen LogP contribution in [-0.4, -0.2) is 97.5 Å². The molecule has 0 heterocycles. The van der Waals surface area contributed by atoms with Gasteiger partial charge in [-0.1, -0.05) is 0 Å². The highest BCUT2D eigenvalue weighted by atomic mass is 35.5. The van der Waals surface area contributed by atoms with E-state index in [-0.39, 0.29) is 19.0 Å². The molecule has 0 unspecified atom stereocenters. The molecule has 0 atom stereocenters. The molecule has 9 heteroatoms. The lowest BCUT2D eigenvalue weighted by molar-refractivity contribution is -0.0178. The van der Waals surface area contributed by atoms with Crippen molar-refractivity contribution >= 4 is 12.4 Å². The van der Waals surface area contributed by atoms with Gasteiger partial charge in [-0.05, 0) is 0 Å². The van der Waals surface area contributed by atoms with E-state index in [1.54, 1.807) is 0 Å². The molecule has 0 bridgehead atoms. The van der Waals surface area contributed by atoms with Crippen LogP contribution in [0.2, 0.25) is 0 Å². The molecule has 142 valence electrons. The Morgan fingerprint density at radius 2 is 0.739 bits per heavy atom. The van der Waals surface area contributed by atoms with Crippen molar-refractivity contribution in [1.29, 1.82) is 0 Å². The smallest absolute Gasteiger partial charge is 0.0701 e. The quantitative estimate of drug-likeness (QED) is 0.296. The van der Waals surface area contributed by atoms with Gasteiger partial charge < -0.3 is 39.3 Å². The monoisotopic (exact) mass is 361 g/mol. The zero-order chi connectivity index (χ0) is 16.1. The van der Waals surface area contributed by atoms with E-state index in [1.807, 2.05) is 0 Å². The molecule has 0 radical (unpaired) electrons. The van der Waals surface area contributed by atoms with Crippen LogP contribution in [-0.2, 0) is 28.4 Å². The molecule has 0 aliphatic carbocycles. The highest BCUT2D eigenvalue weighted by molar-refractivity contribution is 5.85. The number of aliphatic hydroxyl groups excluding tert-OH is 1. The number of ether oxygens (including phenoxy) is 6. The standard InChI is InChI=1S/C14H31NO7.ClH/c15-1-3-17-5-7-19-9-11-21-13-14-22-12-10-20-8-6-18-4-2-16;/h16H,1-15H2;1H. The average Bonchev–Trinajstić information content (AvgIpc) is 2.54. The highest BCUT2D eigenvalue weighted by Gasteiger charge is 1.93. The molecule has 8 nitrogen and oxygen atoms in total. The molecular formula is C14H32ClNO7. The van der Waals surface area contributed by atoms with Crippen molar-refractivity contribution in [3.63, 3.8) is 0 Å². The van der Waals surface area contributed by atoms with Gasteiger partial charge in [-0.3, -0.25) is 0 Å². The predicted octanol–water partition coefficient (Wildman–Crippen LogP) is -0.541. The van der Waals surface area contributed by atoms with Gasteiger partial charge in [0.2, 0.25) is 0 Å². The topological polar surface area (TPSA) is 102 Å². The van der Waals surface area contributed by atoms with E-state index in [0.29, 0.717) is 85.8 Å². The molecule has 0 aromatic rings. The molecule has 0 aromatic carbocycles. The zero-order valence-corrected chi connectivity index (χ0v) is 14.6. The van der Waals surface area contributed by atoms with Gasteiger partial charge in [-0.2, -0.15) is 0 Å². The van der Waals surface area contributed by atoms with Crippen molar-refractivity contribution in [1.82, 2.24) is 0 Å². The first-order valence-electron chi connectivity index (χ1n) is 7.69. The van der Waals surface area contributed by atoms with Crippen LogP contribution in [0.4, 0.5) is 0 Å². The average molecular weight is 362 g/mol.